The number of aliphatic carboxylic acids is 1. The van der Waals surface area contributed by atoms with Crippen molar-refractivity contribution in [1.29, 1.82) is 0 Å². The van der Waals surface area contributed by atoms with E-state index in [1.54, 1.807) is 6.08 Å². The maximum absolute atomic E-state index is 10.5. The van der Waals surface area contributed by atoms with Gasteiger partial charge in [-0.05, 0) is 50.5 Å². The second-order valence-electron chi connectivity index (χ2n) is 8.08. The van der Waals surface area contributed by atoms with Crippen molar-refractivity contribution in [1.82, 2.24) is 0 Å². The lowest BCUT2D eigenvalue weighted by Crippen LogP contribution is -2.20. The van der Waals surface area contributed by atoms with Crippen LogP contribution >= 0.6 is 0 Å². The van der Waals surface area contributed by atoms with Gasteiger partial charge in [0.1, 0.15) is 0 Å². The summed E-state index contributed by atoms with van der Waals surface area (Å²) in [6.07, 6.45) is 9.51. The van der Waals surface area contributed by atoms with Crippen LogP contribution in [0.2, 0.25) is 0 Å². The molecule has 5 atom stereocenters. The van der Waals surface area contributed by atoms with E-state index >= 15 is 0 Å². The summed E-state index contributed by atoms with van der Waals surface area (Å²) >= 11 is 0. The Hall–Kier alpha value is -1.95. The maximum Gasteiger partial charge on any atom is 0.303 e. The van der Waals surface area contributed by atoms with E-state index in [2.05, 4.69) is 24.3 Å². The Bertz CT molecular complexity index is 679. The first-order valence-electron chi connectivity index (χ1n) is 10.5. The molecule has 2 rings (SSSR count). The number of allylic oxidation sites excluding steroid dienone is 2. The summed E-state index contributed by atoms with van der Waals surface area (Å²) in [5.74, 6) is -1.08. The zero-order valence-corrected chi connectivity index (χ0v) is 17.2. The van der Waals surface area contributed by atoms with E-state index in [0.717, 1.165) is 6.42 Å². The Kier molecular flexibility index (Phi) is 9.58. The van der Waals surface area contributed by atoms with Gasteiger partial charge in [0.05, 0.1) is 18.3 Å². The highest BCUT2D eigenvalue weighted by Gasteiger charge is 2.39. The molecule has 0 saturated heterocycles. The van der Waals surface area contributed by atoms with Gasteiger partial charge in [0, 0.05) is 18.8 Å². The van der Waals surface area contributed by atoms with E-state index in [1.165, 1.54) is 11.1 Å². The van der Waals surface area contributed by atoms with Crippen molar-refractivity contribution in [2.45, 2.75) is 70.2 Å². The van der Waals surface area contributed by atoms with Crippen molar-refractivity contribution in [2.24, 2.45) is 11.8 Å². The number of carboxylic acid groups (broad SMARTS) is 1. The maximum atomic E-state index is 10.5. The Labute approximate surface area is 173 Å². The molecule has 5 nitrogen and oxygen atoms in total. The summed E-state index contributed by atoms with van der Waals surface area (Å²) in [5, 5.41) is 39.5. The van der Waals surface area contributed by atoms with Crippen LogP contribution in [0.4, 0.5) is 0 Å². The normalized spacial score (nSPS) is 25.8. The predicted molar refractivity (Wildman–Crippen MR) is 114 cm³/mol. The van der Waals surface area contributed by atoms with Crippen LogP contribution in [0.15, 0.2) is 48.6 Å². The average molecular weight is 403 g/mol. The van der Waals surface area contributed by atoms with E-state index in [0.29, 0.717) is 32.1 Å². The third kappa shape index (κ3) is 8.13. The molecule has 5 heteroatoms. The van der Waals surface area contributed by atoms with Gasteiger partial charge in [0.2, 0.25) is 0 Å². The molecule has 29 heavy (non-hydrogen) atoms. The molecule has 0 aliphatic heterocycles. The van der Waals surface area contributed by atoms with Crippen LogP contribution in [-0.2, 0) is 11.2 Å². The molecule has 0 spiro atoms. The van der Waals surface area contributed by atoms with Crippen LogP contribution in [0.5, 0.6) is 0 Å². The van der Waals surface area contributed by atoms with E-state index in [4.69, 9.17) is 5.11 Å². The highest BCUT2D eigenvalue weighted by molar-refractivity contribution is 5.66. The Balaban J connectivity index is 1.82. The molecule has 1 fully saturated rings. The van der Waals surface area contributed by atoms with Crippen LogP contribution < -0.4 is 0 Å². The number of hydrogen-bond donors (Lipinski definition) is 4. The minimum Gasteiger partial charge on any atom is -0.481 e. The molecule has 160 valence electrons. The molecule has 1 aromatic carbocycles. The lowest BCUT2D eigenvalue weighted by molar-refractivity contribution is -0.137. The molecule has 1 aliphatic rings. The molecule has 0 amide bonds. The number of aliphatic hydroxyl groups excluding tert-OH is 3. The molecule has 1 saturated carbocycles. The fraction of sp³-hybridized carbons (Fsp3) is 0.542. The molecular formula is C24H34O5. The van der Waals surface area contributed by atoms with Gasteiger partial charge in [-0.2, -0.15) is 0 Å². The number of rotatable bonds is 11. The molecule has 1 aliphatic carbocycles. The van der Waals surface area contributed by atoms with E-state index in [-0.39, 0.29) is 18.3 Å². The number of hydrogen-bond acceptors (Lipinski definition) is 4. The number of aryl methyl sites for hydroxylation is 2. The van der Waals surface area contributed by atoms with Gasteiger partial charge < -0.3 is 20.4 Å². The summed E-state index contributed by atoms with van der Waals surface area (Å²) in [6.45, 7) is 2.05. The highest BCUT2D eigenvalue weighted by atomic mass is 16.4. The van der Waals surface area contributed by atoms with E-state index in [1.807, 2.05) is 25.2 Å². The fourth-order valence-corrected chi connectivity index (χ4v) is 3.87. The van der Waals surface area contributed by atoms with Gasteiger partial charge in [-0.25, -0.2) is 0 Å². The second-order valence-corrected chi connectivity index (χ2v) is 8.08. The summed E-state index contributed by atoms with van der Waals surface area (Å²) in [5.41, 5.74) is 2.40. The number of aliphatic hydroxyl groups is 3. The van der Waals surface area contributed by atoms with Crippen LogP contribution in [-0.4, -0.2) is 44.7 Å². The number of unbranched alkanes of at least 4 members (excludes halogenated alkanes) is 1. The van der Waals surface area contributed by atoms with Gasteiger partial charge in [-0.15, -0.1) is 0 Å². The van der Waals surface area contributed by atoms with E-state index < -0.39 is 24.3 Å². The number of carbonyl (C=O) groups is 1. The van der Waals surface area contributed by atoms with Gasteiger partial charge in [-0.1, -0.05) is 54.1 Å². The monoisotopic (exact) mass is 402 g/mol. The van der Waals surface area contributed by atoms with E-state index in [9.17, 15) is 20.1 Å². The van der Waals surface area contributed by atoms with Crippen LogP contribution in [0, 0.1) is 18.8 Å². The van der Waals surface area contributed by atoms with Crippen molar-refractivity contribution in [3.63, 3.8) is 0 Å². The standard InChI is InChI=1S/C24H34O5/c1-17-8-10-18(11-9-17)12-13-19(25)14-15-21-20(22(26)16-23(21)27)6-4-2-3-5-7-24(28)29/h2,4,8-11,14-15,19-23,25-27H,3,5-7,12-13,16H2,1H3,(H,28,29)/b4-2-,15-14+/t19?,20-,21-,22+,23-/m1/s1. The third-order valence-electron chi connectivity index (χ3n) is 5.66. The molecule has 0 radical (unpaired) electrons. The third-order valence-corrected chi connectivity index (χ3v) is 5.66. The van der Waals surface area contributed by atoms with Crippen molar-refractivity contribution in [3.05, 3.63) is 59.7 Å². The van der Waals surface area contributed by atoms with Crippen LogP contribution in [0.1, 0.15) is 49.7 Å². The van der Waals surface area contributed by atoms with Crippen molar-refractivity contribution in [3.8, 4) is 0 Å². The van der Waals surface area contributed by atoms with Gasteiger partial charge >= 0.3 is 5.97 Å². The minimum atomic E-state index is -0.793. The molecule has 1 aromatic rings. The zero-order chi connectivity index (χ0) is 21.2. The summed E-state index contributed by atoms with van der Waals surface area (Å²) in [7, 11) is 0. The Morgan fingerprint density at radius 3 is 2.59 bits per heavy atom. The van der Waals surface area contributed by atoms with Gasteiger partial charge in [-0.3, -0.25) is 4.79 Å². The van der Waals surface area contributed by atoms with Gasteiger partial charge in [0.15, 0.2) is 0 Å². The highest BCUT2D eigenvalue weighted by Crippen LogP contribution is 2.36. The molecule has 4 N–H and O–H groups in total. The van der Waals surface area contributed by atoms with Crippen molar-refractivity contribution >= 4 is 5.97 Å². The summed E-state index contributed by atoms with van der Waals surface area (Å²) < 4.78 is 0. The Morgan fingerprint density at radius 2 is 1.90 bits per heavy atom. The lowest BCUT2D eigenvalue weighted by Gasteiger charge is -2.19. The topological polar surface area (TPSA) is 98.0 Å². The Morgan fingerprint density at radius 1 is 1.17 bits per heavy atom. The molecule has 0 heterocycles. The van der Waals surface area contributed by atoms with Crippen LogP contribution in [0.25, 0.3) is 0 Å². The minimum absolute atomic E-state index is 0.0960. The van der Waals surface area contributed by atoms with Crippen LogP contribution in [0.3, 0.4) is 0 Å². The number of benzene rings is 1. The quantitative estimate of drug-likeness (QED) is 0.336. The number of carboxylic acids is 1. The lowest BCUT2D eigenvalue weighted by atomic mass is 9.89. The summed E-state index contributed by atoms with van der Waals surface area (Å²) in [6, 6.07) is 8.27. The van der Waals surface area contributed by atoms with Crippen molar-refractivity contribution < 1.29 is 25.2 Å². The van der Waals surface area contributed by atoms with Crippen molar-refractivity contribution in [2.75, 3.05) is 0 Å². The smallest absolute Gasteiger partial charge is 0.303 e. The predicted octanol–water partition coefficient (Wildman–Crippen LogP) is 3.40. The first kappa shape index (κ1) is 23.3. The first-order chi connectivity index (χ1) is 13.9. The molecule has 0 bridgehead atoms. The molecule has 0 aromatic heterocycles. The largest absolute Gasteiger partial charge is 0.481 e. The second kappa shape index (κ2) is 11.9. The molecular weight excluding hydrogens is 368 g/mol. The SMILES string of the molecule is Cc1ccc(CCC(O)/C=C/[C@@H]2[C@@H](C/C=C\CCCC(=O)O)[C@@H](O)C[C@H]2O)cc1. The van der Waals surface area contributed by atoms with Gasteiger partial charge in [0.25, 0.3) is 0 Å². The fourth-order valence-electron chi connectivity index (χ4n) is 3.87. The average Bonchev–Trinajstić information content (AvgIpc) is 2.94. The first-order valence-corrected chi connectivity index (χ1v) is 10.5. The summed E-state index contributed by atoms with van der Waals surface area (Å²) in [4.78, 5) is 10.5. The molecule has 1 unspecified atom stereocenters. The zero-order valence-electron chi connectivity index (χ0n) is 17.2.